The Kier molecular flexibility index (Phi) is 3.52. The lowest BCUT2D eigenvalue weighted by molar-refractivity contribution is 0.0377. The number of amides is 1. The van der Waals surface area contributed by atoms with E-state index in [1.165, 1.54) is 12.1 Å². The Morgan fingerprint density at radius 2 is 2.05 bits per heavy atom. The van der Waals surface area contributed by atoms with Gasteiger partial charge in [0.1, 0.15) is 11.4 Å². The standard InChI is InChI=1S/C15H20FNO2/c1-14(2,3)19-13(18)17-15(8-5-9-15)11-6-4-7-12(16)10-11/h4,6-7,10H,5,8-9H2,1-3H3,(H,17,18). The van der Waals surface area contributed by atoms with Gasteiger partial charge in [-0.25, -0.2) is 9.18 Å². The first-order valence-corrected chi connectivity index (χ1v) is 6.58. The molecule has 1 saturated carbocycles. The van der Waals surface area contributed by atoms with Crippen LogP contribution in [0, 0.1) is 5.82 Å². The van der Waals surface area contributed by atoms with E-state index in [9.17, 15) is 9.18 Å². The minimum Gasteiger partial charge on any atom is -0.444 e. The molecule has 1 N–H and O–H groups in total. The average molecular weight is 265 g/mol. The molecule has 19 heavy (non-hydrogen) atoms. The maximum absolute atomic E-state index is 13.3. The van der Waals surface area contributed by atoms with E-state index in [4.69, 9.17) is 4.74 Å². The third-order valence-electron chi connectivity index (χ3n) is 3.32. The van der Waals surface area contributed by atoms with Crippen LogP contribution in [0.2, 0.25) is 0 Å². The molecule has 1 aliphatic carbocycles. The summed E-state index contributed by atoms with van der Waals surface area (Å²) in [6, 6.07) is 6.40. The van der Waals surface area contributed by atoms with Gasteiger partial charge in [0.15, 0.2) is 0 Å². The topological polar surface area (TPSA) is 38.3 Å². The monoisotopic (exact) mass is 265 g/mol. The van der Waals surface area contributed by atoms with E-state index in [0.29, 0.717) is 0 Å². The van der Waals surface area contributed by atoms with Gasteiger partial charge >= 0.3 is 6.09 Å². The number of carbonyl (C=O) groups excluding carboxylic acids is 1. The number of rotatable bonds is 2. The molecule has 1 amide bonds. The first kappa shape index (κ1) is 13.8. The summed E-state index contributed by atoms with van der Waals surface area (Å²) in [6.07, 6.45) is 2.20. The second-order valence-electron chi connectivity index (χ2n) is 6.07. The van der Waals surface area contributed by atoms with Crippen LogP contribution in [0.25, 0.3) is 0 Å². The summed E-state index contributed by atoms with van der Waals surface area (Å²) in [7, 11) is 0. The zero-order valence-electron chi connectivity index (χ0n) is 11.6. The number of benzene rings is 1. The van der Waals surface area contributed by atoms with Crippen molar-refractivity contribution in [1.82, 2.24) is 5.32 Å². The largest absolute Gasteiger partial charge is 0.444 e. The lowest BCUT2D eigenvalue weighted by Gasteiger charge is -2.43. The molecule has 0 bridgehead atoms. The van der Waals surface area contributed by atoms with Crippen LogP contribution in [-0.4, -0.2) is 11.7 Å². The second kappa shape index (κ2) is 4.83. The smallest absolute Gasteiger partial charge is 0.408 e. The van der Waals surface area contributed by atoms with Gasteiger partial charge < -0.3 is 10.1 Å². The average Bonchev–Trinajstić information content (AvgIpc) is 2.21. The molecule has 1 aromatic carbocycles. The van der Waals surface area contributed by atoms with Crippen molar-refractivity contribution in [3.05, 3.63) is 35.6 Å². The van der Waals surface area contributed by atoms with Crippen molar-refractivity contribution in [3.63, 3.8) is 0 Å². The molecule has 1 aliphatic rings. The van der Waals surface area contributed by atoms with Crippen molar-refractivity contribution in [3.8, 4) is 0 Å². The molecule has 0 spiro atoms. The Labute approximate surface area is 113 Å². The van der Waals surface area contributed by atoms with Crippen molar-refractivity contribution < 1.29 is 13.9 Å². The van der Waals surface area contributed by atoms with Gasteiger partial charge in [-0.15, -0.1) is 0 Å². The lowest BCUT2D eigenvalue weighted by Crippen LogP contribution is -2.52. The molecule has 104 valence electrons. The molecule has 0 aliphatic heterocycles. The summed E-state index contributed by atoms with van der Waals surface area (Å²) < 4.78 is 18.6. The van der Waals surface area contributed by atoms with Gasteiger partial charge in [-0.2, -0.15) is 0 Å². The maximum Gasteiger partial charge on any atom is 0.408 e. The fourth-order valence-corrected chi connectivity index (χ4v) is 2.30. The molecule has 0 radical (unpaired) electrons. The van der Waals surface area contributed by atoms with Gasteiger partial charge in [0.05, 0.1) is 5.54 Å². The van der Waals surface area contributed by atoms with Crippen LogP contribution < -0.4 is 5.32 Å². The van der Waals surface area contributed by atoms with E-state index in [1.807, 2.05) is 26.8 Å². The van der Waals surface area contributed by atoms with E-state index in [-0.39, 0.29) is 5.82 Å². The highest BCUT2D eigenvalue weighted by Crippen LogP contribution is 2.41. The van der Waals surface area contributed by atoms with Gasteiger partial charge in [0.2, 0.25) is 0 Å². The number of alkyl carbamates (subject to hydrolysis) is 1. The minimum absolute atomic E-state index is 0.283. The van der Waals surface area contributed by atoms with Crippen molar-refractivity contribution in [2.75, 3.05) is 0 Å². The third-order valence-corrected chi connectivity index (χ3v) is 3.32. The Bertz CT molecular complexity index is 475. The zero-order valence-corrected chi connectivity index (χ0v) is 11.6. The minimum atomic E-state index is -0.531. The number of carbonyl (C=O) groups is 1. The molecule has 1 fully saturated rings. The van der Waals surface area contributed by atoms with Gasteiger partial charge in [-0.1, -0.05) is 12.1 Å². The number of nitrogens with one attached hydrogen (secondary N) is 1. The predicted octanol–water partition coefficient (Wildman–Crippen LogP) is 3.73. The van der Waals surface area contributed by atoms with Crippen molar-refractivity contribution in [1.29, 1.82) is 0 Å². The summed E-state index contributed by atoms with van der Waals surface area (Å²) in [5, 5.41) is 2.90. The molecule has 0 unspecified atom stereocenters. The summed E-state index contributed by atoms with van der Waals surface area (Å²) in [5.41, 5.74) is -0.189. The van der Waals surface area contributed by atoms with Crippen molar-refractivity contribution in [2.24, 2.45) is 0 Å². The molecule has 0 saturated heterocycles. The molecule has 0 atom stereocenters. The van der Waals surface area contributed by atoms with Gasteiger partial charge in [-0.05, 0) is 57.7 Å². The Morgan fingerprint density at radius 3 is 2.53 bits per heavy atom. The summed E-state index contributed by atoms with van der Waals surface area (Å²) in [6.45, 7) is 5.46. The van der Waals surface area contributed by atoms with Crippen LogP contribution in [0.3, 0.4) is 0 Å². The molecule has 0 heterocycles. The van der Waals surface area contributed by atoms with Crippen LogP contribution in [0.1, 0.15) is 45.6 Å². The molecule has 1 aromatic rings. The quantitative estimate of drug-likeness (QED) is 0.884. The van der Waals surface area contributed by atoms with E-state index in [2.05, 4.69) is 5.32 Å². The van der Waals surface area contributed by atoms with Crippen LogP contribution in [0.4, 0.5) is 9.18 Å². The van der Waals surface area contributed by atoms with Crippen LogP contribution >= 0.6 is 0 Å². The van der Waals surface area contributed by atoms with Gasteiger partial charge in [0, 0.05) is 0 Å². The zero-order chi connectivity index (χ0) is 14.1. The Hall–Kier alpha value is -1.58. The highest BCUT2D eigenvalue weighted by Gasteiger charge is 2.41. The summed E-state index contributed by atoms with van der Waals surface area (Å²) in [5.74, 6) is -0.283. The van der Waals surface area contributed by atoms with Crippen LogP contribution in [-0.2, 0) is 10.3 Å². The van der Waals surface area contributed by atoms with Gasteiger partial charge in [-0.3, -0.25) is 0 Å². The van der Waals surface area contributed by atoms with Crippen LogP contribution in [0.15, 0.2) is 24.3 Å². The Balaban J connectivity index is 2.13. The highest BCUT2D eigenvalue weighted by atomic mass is 19.1. The normalized spacial score (nSPS) is 17.5. The lowest BCUT2D eigenvalue weighted by atomic mass is 9.72. The number of hydrogen-bond acceptors (Lipinski definition) is 2. The molecule has 3 nitrogen and oxygen atoms in total. The third kappa shape index (κ3) is 3.25. The molecule has 0 aromatic heterocycles. The summed E-state index contributed by atoms with van der Waals surface area (Å²) in [4.78, 5) is 11.9. The SMILES string of the molecule is CC(C)(C)OC(=O)NC1(c2cccc(F)c2)CCC1. The van der Waals surface area contributed by atoms with Crippen LogP contribution in [0.5, 0.6) is 0 Å². The number of hydrogen-bond donors (Lipinski definition) is 1. The van der Waals surface area contributed by atoms with E-state index in [1.54, 1.807) is 6.07 Å². The van der Waals surface area contributed by atoms with Crippen molar-refractivity contribution in [2.45, 2.75) is 51.2 Å². The van der Waals surface area contributed by atoms with E-state index in [0.717, 1.165) is 24.8 Å². The fraction of sp³-hybridized carbons (Fsp3) is 0.533. The highest BCUT2D eigenvalue weighted by molar-refractivity contribution is 5.69. The predicted molar refractivity (Wildman–Crippen MR) is 71.3 cm³/mol. The molecule has 4 heteroatoms. The summed E-state index contributed by atoms with van der Waals surface area (Å²) >= 11 is 0. The number of halogens is 1. The first-order valence-electron chi connectivity index (χ1n) is 6.58. The fourth-order valence-electron chi connectivity index (χ4n) is 2.30. The maximum atomic E-state index is 13.3. The number of ether oxygens (including phenoxy) is 1. The Morgan fingerprint density at radius 1 is 1.37 bits per heavy atom. The van der Waals surface area contributed by atoms with E-state index >= 15 is 0 Å². The second-order valence-corrected chi connectivity index (χ2v) is 6.07. The van der Waals surface area contributed by atoms with Crippen molar-refractivity contribution >= 4 is 6.09 Å². The van der Waals surface area contributed by atoms with E-state index < -0.39 is 17.2 Å². The molecular formula is C15H20FNO2. The van der Waals surface area contributed by atoms with Gasteiger partial charge in [0.25, 0.3) is 0 Å². The molecular weight excluding hydrogens is 245 g/mol. The molecule has 2 rings (SSSR count). The first-order chi connectivity index (χ1) is 8.81.